The molecule has 0 radical (unpaired) electrons. The van der Waals surface area contributed by atoms with Gasteiger partial charge in [0.2, 0.25) is 0 Å². The van der Waals surface area contributed by atoms with Gasteiger partial charge < -0.3 is 25.7 Å². The van der Waals surface area contributed by atoms with E-state index in [0.29, 0.717) is 72.2 Å². The zero-order valence-electron chi connectivity index (χ0n) is 22.6. The van der Waals surface area contributed by atoms with Crippen molar-refractivity contribution in [2.24, 2.45) is 29.6 Å². The normalized spacial score (nSPS) is 27.3. The molecular formula is C30H33N7O4. The first-order valence-corrected chi connectivity index (χ1v) is 14.4. The first-order valence-electron chi connectivity index (χ1n) is 14.4. The Kier molecular flexibility index (Phi) is 6.24. The molecule has 4 bridgehead atoms. The van der Waals surface area contributed by atoms with Gasteiger partial charge in [-0.25, -0.2) is 9.97 Å². The standard InChI is InChI=1S/C30H33N7O4/c31-27-24(11-23(34-35-27)20-3-1-2-4-25(20)38)37-14-17-9-21-18(15-37)10-22(17)26(21)28-32-12-19(13-33-28)29(39)36-7-5-16(6-8-36)30(40)41/h1-4,11-13,16-18,21-22,26,38H,5-10,14-15H2,(H2,31,35)(H,40,41). The van der Waals surface area contributed by atoms with Gasteiger partial charge in [0.1, 0.15) is 11.6 Å². The molecule has 1 amide bonds. The molecule has 5 fully saturated rings. The molecule has 2 saturated carbocycles. The Hall–Kier alpha value is -4.28. The maximum Gasteiger partial charge on any atom is 0.306 e. The fraction of sp³-hybridized carbons (Fsp3) is 0.467. The molecule has 3 aromatic rings. The van der Waals surface area contributed by atoms with E-state index in [4.69, 9.17) is 15.7 Å². The number of aromatic hydroxyl groups is 1. The Bertz CT molecular complexity index is 1470. The highest BCUT2D eigenvalue weighted by molar-refractivity contribution is 5.93. The molecule has 3 saturated heterocycles. The maximum absolute atomic E-state index is 13.0. The van der Waals surface area contributed by atoms with Crippen molar-refractivity contribution >= 4 is 23.4 Å². The number of aliphatic carboxylic acids is 1. The van der Waals surface area contributed by atoms with Gasteiger partial charge in [0.15, 0.2) is 5.82 Å². The Balaban J connectivity index is 1.05. The number of carbonyl (C=O) groups excluding carboxylic acids is 1. The van der Waals surface area contributed by atoms with Gasteiger partial charge in [0, 0.05) is 50.1 Å². The van der Waals surface area contributed by atoms with E-state index < -0.39 is 5.97 Å². The van der Waals surface area contributed by atoms with Crippen molar-refractivity contribution in [1.82, 2.24) is 25.1 Å². The van der Waals surface area contributed by atoms with Crippen LogP contribution in [0.2, 0.25) is 0 Å². The Morgan fingerprint density at radius 1 is 0.951 bits per heavy atom. The highest BCUT2D eigenvalue weighted by atomic mass is 16.4. The van der Waals surface area contributed by atoms with E-state index in [-0.39, 0.29) is 23.5 Å². The first-order chi connectivity index (χ1) is 19.9. The Morgan fingerprint density at radius 3 is 2.24 bits per heavy atom. The summed E-state index contributed by atoms with van der Waals surface area (Å²) in [6, 6.07) is 9.05. The minimum absolute atomic E-state index is 0.131. The fourth-order valence-corrected chi connectivity index (χ4v) is 7.87. The summed E-state index contributed by atoms with van der Waals surface area (Å²) < 4.78 is 0. The monoisotopic (exact) mass is 555 g/mol. The number of piperidine rings is 1. The van der Waals surface area contributed by atoms with Gasteiger partial charge >= 0.3 is 5.97 Å². The summed E-state index contributed by atoms with van der Waals surface area (Å²) >= 11 is 0. The summed E-state index contributed by atoms with van der Waals surface area (Å²) in [6.07, 6.45) is 6.48. The zero-order valence-corrected chi connectivity index (χ0v) is 22.6. The molecule has 41 heavy (non-hydrogen) atoms. The van der Waals surface area contributed by atoms with Crippen LogP contribution in [0.15, 0.2) is 42.7 Å². The molecule has 2 aromatic heterocycles. The van der Waals surface area contributed by atoms with Crippen LogP contribution < -0.4 is 10.6 Å². The van der Waals surface area contributed by atoms with Crippen LogP contribution in [0.4, 0.5) is 11.5 Å². The summed E-state index contributed by atoms with van der Waals surface area (Å²) in [4.78, 5) is 37.7. The Morgan fingerprint density at radius 2 is 1.61 bits per heavy atom. The third-order valence-electron chi connectivity index (χ3n) is 9.86. The molecule has 212 valence electrons. The number of nitrogens with zero attached hydrogens (tertiary/aromatic N) is 6. The van der Waals surface area contributed by atoms with Gasteiger partial charge in [-0.3, -0.25) is 9.59 Å². The molecule has 4 unspecified atom stereocenters. The van der Waals surface area contributed by atoms with Crippen molar-refractivity contribution in [2.75, 3.05) is 36.8 Å². The lowest BCUT2D eigenvalue weighted by atomic mass is 9.84. The van der Waals surface area contributed by atoms with Crippen molar-refractivity contribution in [3.8, 4) is 17.0 Å². The number of anilines is 2. The van der Waals surface area contributed by atoms with Crippen LogP contribution in [-0.4, -0.2) is 73.3 Å². The van der Waals surface area contributed by atoms with Gasteiger partial charge in [-0.05, 0) is 67.6 Å². The maximum atomic E-state index is 13.0. The number of amides is 1. The number of hydrogen-bond acceptors (Lipinski definition) is 9. The third kappa shape index (κ3) is 4.43. The van der Waals surface area contributed by atoms with E-state index >= 15 is 0 Å². The number of fused-ring (bicyclic) bond motifs is 2. The van der Waals surface area contributed by atoms with Gasteiger partial charge in [0.05, 0.1) is 22.9 Å². The van der Waals surface area contributed by atoms with Crippen LogP contribution in [0.5, 0.6) is 5.75 Å². The minimum Gasteiger partial charge on any atom is -0.507 e. The van der Waals surface area contributed by atoms with Crippen LogP contribution in [0.3, 0.4) is 0 Å². The van der Waals surface area contributed by atoms with Gasteiger partial charge in [0.25, 0.3) is 5.91 Å². The fourth-order valence-electron chi connectivity index (χ4n) is 7.87. The third-order valence-corrected chi connectivity index (χ3v) is 9.86. The van der Waals surface area contributed by atoms with Crippen molar-refractivity contribution in [1.29, 1.82) is 0 Å². The number of nitrogens with two attached hydrogens (primary N) is 1. The highest BCUT2D eigenvalue weighted by Gasteiger charge is 2.57. The van der Waals surface area contributed by atoms with E-state index in [1.54, 1.807) is 29.4 Å². The van der Waals surface area contributed by atoms with Crippen LogP contribution in [0, 0.1) is 29.6 Å². The number of rotatable bonds is 5. The van der Waals surface area contributed by atoms with Gasteiger partial charge in [-0.2, -0.15) is 0 Å². The lowest BCUT2D eigenvalue weighted by molar-refractivity contribution is -0.143. The summed E-state index contributed by atoms with van der Waals surface area (Å²) in [7, 11) is 0. The topological polar surface area (TPSA) is 159 Å². The molecule has 5 aliphatic rings. The molecule has 4 N–H and O–H groups in total. The summed E-state index contributed by atoms with van der Waals surface area (Å²) in [6.45, 7) is 2.62. The molecule has 0 spiro atoms. The van der Waals surface area contributed by atoms with Crippen molar-refractivity contribution in [2.45, 2.75) is 31.6 Å². The van der Waals surface area contributed by atoms with E-state index in [9.17, 15) is 19.8 Å². The second kappa shape index (κ2) is 9.97. The number of carboxylic acids is 1. The second-order valence-corrected chi connectivity index (χ2v) is 12.0. The minimum atomic E-state index is -0.790. The molecule has 11 heteroatoms. The van der Waals surface area contributed by atoms with E-state index in [1.165, 1.54) is 0 Å². The van der Waals surface area contributed by atoms with Crippen LogP contribution in [0.25, 0.3) is 11.3 Å². The molecular weight excluding hydrogens is 522 g/mol. The molecule has 1 aromatic carbocycles. The molecule has 8 rings (SSSR count). The second-order valence-electron chi connectivity index (χ2n) is 12.0. The number of carbonyl (C=O) groups is 2. The zero-order chi connectivity index (χ0) is 28.2. The predicted octanol–water partition coefficient (Wildman–Crippen LogP) is 3.03. The molecule has 2 aliphatic carbocycles. The first kappa shape index (κ1) is 25.7. The number of phenols is 1. The summed E-state index contributed by atoms with van der Waals surface area (Å²) in [5.41, 5.74) is 8.87. The molecule has 11 nitrogen and oxygen atoms in total. The lowest BCUT2D eigenvalue weighted by Gasteiger charge is -2.30. The predicted molar refractivity (Wildman–Crippen MR) is 150 cm³/mol. The van der Waals surface area contributed by atoms with Gasteiger partial charge in [-0.1, -0.05) is 12.1 Å². The van der Waals surface area contributed by atoms with Crippen LogP contribution in [-0.2, 0) is 4.79 Å². The average Bonchev–Trinajstić information content (AvgIpc) is 3.37. The van der Waals surface area contributed by atoms with E-state index in [2.05, 4.69) is 15.1 Å². The van der Waals surface area contributed by atoms with Crippen LogP contribution >= 0.6 is 0 Å². The summed E-state index contributed by atoms with van der Waals surface area (Å²) in [5, 5.41) is 28.0. The number of aromatic nitrogens is 4. The number of para-hydroxylation sites is 1. The smallest absolute Gasteiger partial charge is 0.306 e. The number of hydrogen-bond donors (Lipinski definition) is 3. The number of nitrogen functional groups attached to an aromatic ring is 1. The quantitative estimate of drug-likeness (QED) is 0.427. The molecule has 3 aliphatic heterocycles. The highest BCUT2D eigenvalue weighted by Crippen LogP contribution is 2.61. The molecule has 4 atom stereocenters. The average molecular weight is 556 g/mol. The number of likely N-dealkylation sites (tertiary alicyclic amines) is 1. The van der Waals surface area contributed by atoms with Crippen LogP contribution in [0.1, 0.15) is 47.8 Å². The Labute approximate surface area is 237 Å². The number of benzene rings is 1. The van der Waals surface area contributed by atoms with Crippen molar-refractivity contribution in [3.63, 3.8) is 0 Å². The lowest BCUT2D eigenvalue weighted by Crippen LogP contribution is -2.40. The van der Waals surface area contributed by atoms with Crippen molar-refractivity contribution < 1.29 is 19.8 Å². The van der Waals surface area contributed by atoms with E-state index in [1.807, 2.05) is 18.2 Å². The van der Waals surface area contributed by atoms with Gasteiger partial charge in [-0.15, -0.1) is 10.2 Å². The van der Waals surface area contributed by atoms with Crippen molar-refractivity contribution in [3.05, 3.63) is 54.1 Å². The number of carboxylic acid groups (broad SMARTS) is 1. The largest absolute Gasteiger partial charge is 0.507 e. The van der Waals surface area contributed by atoms with E-state index in [0.717, 1.165) is 37.4 Å². The number of phenolic OH excluding ortho intramolecular Hbond substituents is 1. The molecule has 5 heterocycles. The SMILES string of the molecule is Nc1nnc(-c2ccccc2O)cc1N1CC2CC3C(CC2C3c2ncc(C(=O)N3CCC(C(=O)O)CC3)cn2)C1. The summed E-state index contributed by atoms with van der Waals surface area (Å²) in [5.74, 6) is 2.27.